The highest BCUT2D eigenvalue weighted by Crippen LogP contribution is 2.36. The number of nitrogens with zero attached hydrogens (tertiary/aromatic N) is 4. The Hall–Kier alpha value is -3.62. The van der Waals surface area contributed by atoms with E-state index in [1.165, 1.54) is 5.57 Å². The topological polar surface area (TPSA) is 65.6 Å². The quantitative estimate of drug-likeness (QED) is 0.172. The van der Waals surface area contributed by atoms with Crippen molar-refractivity contribution in [1.29, 1.82) is 0 Å². The van der Waals surface area contributed by atoms with Crippen molar-refractivity contribution in [3.8, 4) is 16.9 Å². The summed E-state index contributed by atoms with van der Waals surface area (Å²) in [5, 5.41) is 9.30. The fraction of sp³-hybridized carbons (Fsp3) is 0.375. The number of methoxy groups -OCH3 is 1. The Morgan fingerprint density at radius 1 is 1.00 bits per heavy atom. The van der Waals surface area contributed by atoms with Gasteiger partial charge in [-0.15, -0.1) is 0 Å². The molecule has 1 aliphatic heterocycles. The second-order valence-electron chi connectivity index (χ2n) is 12.7. The zero-order valence-electron chi connectivity index (χ0n) is 24.8. The van der Waals surface area contributed by atoms with Crippen molar-refractivity contribution in [2.45, 2.75) is 53.2 Å². The van der Waals surface area contributed by atoms with E-state index in [0.717, 1.165) is 57.7 Å². The molecule has 0 saturated heterocycles. The number of anilines is 1. The van der Waals surface area contributed by atoms with E-state index in [1.54, 1.807) is 7.11 Å². The maximum atomic E-state index is 5.85. The first-order valence-corrected chi connectivity index (χ1v) is 17.6. The zero-order chi connectivity index (χ0) is 28.5. The lowest BCUT2D eigenvalue weighted by Crippen LogP contribution is -2.24. The average molecular weight is 556 g/mol. The Kier molecular flexibility index (Phi) is 7.75. The minimum absolute atomic E-state index is 0.0909. The molecule has 2 aromatic carbocycles. The van der Waals surface area contributed by atoms with Gasteiger partial charge < -0.3 is 19.4 Å². The number of benzene rings is 2. The molecule has 0 spiro atoms. The van der Waals surface area contributed by atoms with Gasteiger partial charge in [-0.1, -0.05) is 52.5 Å². The van der Waals surface area contributed by atoms with Crippen molar-refractivity contribution >= 4 is 30.5 Å². The third-order valence-corrected chi connectivity index (χ3v) is 8.86. The van der Waals surface area contributed by atoms with Gasteiger partial charge in [0, 0.05) is 55.0 Å². The SMILES string of the molecule is COc1ccc2c(ccn2C2=NCC(Nc3ccc(-c4cnn(COCC[Si](C)(C)C)c4)cc3)=C2C(C)(C)C)c1. The first-order chi connectivity index (χ1) is 19.0. The lowest BCUT2D eigenvalue weighted by Gasteiger charge is -2.25. The minimum atomic E-state index is -1.09. The molecule has 40 heavy (non-hydrogen) atoms. The standard InChI is InChI=1S/C32H41N5O2Si/c1-32(2,3)30-28(20-33-31(30)37-15-14-24-18-27(38-4)12-13-29(24)37)35-26-10-8-23(9-11-26)25-19-34-36(21-25)22-39-16-17-40(5,6)7/h8-15,18-19,21,35H,16-17,20,22H2,1-7H3. The molecule has 0 bridgehead atoms. The molecule has 0 aliphatic carbocycles. The van der Waals surface area contributed by atoms with Gasteiger partial charge in [0.1, 0.15) is 18.3 Å². The summed E-state index contributed by atoms with van der Waals surface area (Å²) < 4.78 is 15.3. The van der Waals surface area contributed by atoms with E-state index in [9.17, 15) is 0 Å². The summed E-state index contributed by atoms with van der Waals surface area (Å²) >= 11 is 0. The van der Waals surface area contributed by atoms with Crippen molar-refractivity contribution < 1.29 is 9.47 Å². The number of fused-ring (bicyclic) bond motifs is 1. The number of aromatic nitrogens is 3. The van der Waals surface area contributed by atoms with Crippen LogP contribution < -0.4 is 10.1 Å². The van der Waals surface area contributed by atoms with Gasteiger partial charge >= 0.3 is 0 Å². The van der Waals surface area contributed by atoms with Crippen LogP contribution in [0.25, 0.3) is 22.0 Å². The van der Waals surface area contributed by atoms with Crippen molar-refractivity contribution in [2.24, 2.45) is 10.4 Å². The summed E-state index contributed by atoms with van der Waals surface area (Å²) in [6, 6.07) is 18.0. The molecule has 5 rings (SSSR count). The van der Waals surface area contributed by atoms with Crippen LogP contribution in [0, 0.1) is 5.41 Å². The molecule has 0 radical (unpaired) electrons. The van der Waals surface area contributed by atoms with Gasteiger partial charge in [-0.25, -0.2) is 4.68 Å². The lowest BCUT2D eigenvalue weighted by molar-refractivity contribution is 0.0786. The van der Waals surface area contributed by atoms with E-state index in [-0.39, 0.29) is 5.41 Å². The van der Waals surface area contributed by atoms with E-state index in [0.29, 0.717) is 13.3 Å². The normalized spacial score (nSPS) is 14.2. The highest BCUT2D eigenvalue weighted by Gasteiger charge is 2.31. The second-order valence-corrected chi connectivity index (χ2v) is 18.3. The van der Waals surface area contributed by atoms with Gasteiger partial charge in [0.2, 0.25) is 0 Å². The van der Waals surface area contributed by atoms with E-state index < -0.39 is 8.07 Å². The lowest BCUT2D eigenvalue weighted by atomic mass is 9.84. The molecule has 4 aromatic rings. The van der Waals surface area contributed by atoms with Crippen LogP contribution in [-0.2, 0) is 11.5 Å². The van der Waals surface area contributed by atoms with E-state index in [1.807, 2.05) is 23.1 Å². The Labute approximate surface area is 238 Å². The molecule has 1 N–H and O–H groups in total. The summed E-state index contributed by atoms with van der Waals surface area (Å²) in [6.45, 7) is 15.7. The van der Waals surface area contributed by atoms with Crippen molar-refractivity contribution in [2.75, 3.05) is 25.6 Å². The number of hydrogen-bond acceptors (Lipinski definition) is 5. The fourth-order valence-electron chi connectivity index (χ4n) is 5.01. The Morgan fingerprint density at radius 2 is 1.77 bits per heavy atom. The molecular formula is C32H41N5O2Si. The predicted molar refractivity (Wildman–Crippen MR) is 168 cm³/mol. The van der Waals surface area contributed by atoms with Crippen LogP contribution >= 0.6 is 0 Å². The summed E-state index contributed by atoms with van der Waals surface area (Å²) in [5.41, 5.74) is 6.63. The maximum Gasteiger partial charge on any atom is 0.139 e. The number of nitrogens with one attached hydrogen (secondary N) is 1. The van der Waals surface area contributed by atoms with E-state index in [4.69, 9.17) is 14.5 Å². The maximum absolute atomic E-state index is 5.85. The van der Waals surface area contributed by atoms with Gasteiger partial charge in [0.15, 0.2) is 0 Å². The summed E-state index contributed by atoms with van der Waals surface area (Å²) in [5.74, 6) is 1.85. The second kappa shape index (κ2) is 11.1. The monoisotopic (exact) mass is 555 g/mol. The van der Waals surface area contributed by atoms with Gasteiger partial charge in [-0.05, 0) is 53.4 Å². The molecule has 3 heterocycles. The molecule has 8 heteroatoms. The van der Waals surface area contributed by atoms with Crippen LogP contribution in [0.4, 0.5) is 5.69 Å². The van der Waals surface area contributed by atoms with Crippen molar-refractivity contribution in [1.82, 2.24) is 14.3 Å². The molecule has 0 amide bonds. The number of rotatable bonds is 9. The van der Waals surface area contributed by atoms with Crippen LogP contribution in [0.3, 0.4) is 0 Å². The van der Waals surface area contributed by atoms with Crippen LogP contribution in [0.5, 0.6) is 5.75 Å². The van der Waals surface area contributed by atoms with E-state index >= 15 is 0 Å². The van der Waals surface area contributed by atoms with Crippen LogP contribution in [0.2, 0.25) is 25.7 Å². The summed E-state index contributed by atoms with van der Waals surface area (Å²) in [6.07, 6.45) is 6.05. The minimum Gasteiger partial charge on any atom is -0.497 e. The van der Waals surface area contributed by atoms with Gasteiger partial charge in [0.05, 0.1) is 25.4 Å². The molecule has 0 fully saturated rings. The van der Waals surface area contributed by atoms with E-state index in [2.05, 4.69) is 104 Å². The summed E-state index contributed by atoms with van der Waals surface area (Å²) in [4.78, 5) is 5.00. The van der Waals surface area contributed by atoms with Gasteiger partial charge in [0.25, 0.3) is 0 Å². The Balaban J connectivity index is 1.31. The predicted octanol–water partition coefficient (Wildman–Crippen LogP) is 7.50. The van der Waals surface area contributed by atoms with Crippen molar-refractivity contribution in [3.63, 3.8) is 0 Å². The first-order valence-electron chi connectivity index (χ1n) is 13.9. The molecule has 0 atom stereocenters. The summed E-state index contributed by atoms with van der Waals surface area (Å²) in [7, 11) is 0.612. The van der Waals surface area contributed by atoms with Crippen LogP contribution in [0.1, 0.15) is 20.8 Å². The van der Waals surface area contributed by atoms with Gasteiger partial charge in [-0.2, -0.15) is 5.10 Å². The largest absolute Gasteiger partial charge is 0.497 e. The number of allylic oxidation sites excluding steroid dienone is 1. The Morgan fingerprint density at radius 3 is 2.48 bits per heavy atom. The molecule has 0 unspecified atom stereocenters. The Bertz CT molecular complexity index is 1550. The highest BCUT2D eigenvalue weighted by atomic mass is 28.3. The fourth-order valence-corrected chi connectivity index (χ4v) is 5.76. The molecule has 7 nitrogen and oxygen atoms in total. The van der Waals surface area contributed by atoms with Crippen molar-refractivity contribution in [3.05, 3.63) is 78.4 Å². The number of ether oxygens (including phenoxy) is 2. The highest BCUT2D eigenvalue weighted by molar-refractivity contribution is 6.76. The third kappa shape index (κ3) is 6.23. The molecule has 1 aliphatic rings. The molecule has 0 saturated carbocycles. The van der Waals surface area contributed by atoms with Gasteiger partial charge in [-0.3, -0.25) is 4.99 Å². The number of aliphatic imine (C=N–C) groups is 1. The molecular weight excluding hydrogens is 514 g/mol. The smallest absolute Gasteiger partial charge is 0.139 e. The molecule has 210 valence electrons. The van der Waals surface area contributed by atoms with Crippen LogP contribution in [-0.4, -0.2) is 48.5 Å². The first kappa shape index (κ1) is 27.9. The zero-order valence-corrected chi connectivity index (χ0v) is 25.8. The third-order valence-electron chi connectivity index (χ3n) is 7.15. The number of hydrogen-bond donors (Lipinski definition) is 1. The van der Waals surface area contributed by atoms with Crippen LogP contribution in [0.15, 0.2) is 83.4 Å². The average Bonchev–Trinajstić information content (AvgIpc) is 3.64. The molecule has 2 aromatic heterocycles.